The van der Waals surface area contributed by atoms with Gasteiger partial charge in [-0.25, -0.2) is 0 Å². The van der Waals surface area contributed by atoms with Crippen LogP contribution in [-0.4, -0.2) is 50.2 Å². The summed E-state index contributed by atoms with van der Waals surface area (Å²) >= 11 is 0. The van der Waals surface area contributed by atoms with Crippen LogP contribution in [0.5, 0.6) is 11.5 Å². The molecule has 1 aliphatic carbocycles. The second-order valence-electron chi connectivity index (χ2n) is 5.76. The Morgan fingerprint density at radius 1 is 1.24 bits per heavy atom. The first-order chi connectivity index (χ1) is 12.1. The van der Waals surface area contributed by atoms with Crippen LogP contribution in [0.25, 0.3) is 6.08 Å². The number of carbonyl (C=O) groups excluding carboxylic acids is 2. The van der Waals surface area contributed by atoms with Crippen molar-refractivity contribution >= 4 is 18.0 Å². The zero-order valence-corrected chi connectivity index (χ0v) is 15.0. The summed E-state index contributed by atoms with van der Waals surface area (Å²) in [7, 11) is 3.17. The van der Waals surface area contributed by atoms with E-state index < -0.39 is 0 Å². The number of nitrogens with zero attached hydrogens (tertiary/aromatic N) is 1. The number of methoxy groups -OCH3 is 2. The van der Waals surface area contributed by atoms with Crippen molar-refractivity contribution in [2.24, 2.45) is 0 Å². The lowest BCUT2D eigenvalue weighted by Gasteiger charge is -2.20. The average Bonchev–Trinajstić information content (AvgIpc) is 3.45. The fourth-order valence-electron chi connectivity index (χ4n) is 2.53. The highest BCUT2D eigenvalue weighted by Crippen LogP contribution is 2.28. The highest BCUT2D eigenvalue weighted by Gasteiger charge is 2.31. The van der Waals surface area contributed by atoms with Gasteiger partial charge in [0.2, 0.25) is 5.91 Å². The van der Waals surface area contributed by atoms with Gasteiger partial charge in [-0.15, -0.1) is 0 Å². The molecule has 0 unspecified atom stereocenters. The van der Waals surface area contributed by atoms with Crippen molar-refractivity contribution in [2.45, 2.75) is 32.2 Å². The van der Waals surface area contributed by atoms with Crippen LogP contribution in [-0.2, 0) is 14.3 Å². The van der Waals surface area contributed by atoms with Gasteiger partial charge in [-0.3, -0.25) is 9.59 Å². The second kappa shape index (κ2) is 9.11. The summed E-state index contributed by atoms with van der Waals surface area (Å²) in [5.74, 6) is 0.958. The predicted molar refractivity (Wildman–Crippen MR) is 94.6 cm³/mol. The zero-order valence-electron chi connectivity index (χ0n) is 15.0. The van der Waals surface area contributed by atoms with E-state index in [1.807, 2.05) is 6.07 Å². The topological polar surface area (TPSA) is 65.1 Å². The maximum absolute atomic E-state index is 12.5. The van der Waals surface area contributed by atoms with E-state index in [1.165, 1.54) is 6.08 Å². The molecule has 1 aliphatic rings. The van der Waals surface area contributed by atoms with E-state index in [0.717, 1.165) is 18.4 Å². The van der Waals surface area contributed by atoms with Gasteiger partial charge >= 0.3 is 5.97 Å². The fraction of sp³-hybridized carbons (Fsp3) is 0.474. The first kappa shape index (κ1) is 18.8. The van der Waals surface area contributed by atoms with Gasteiger partial charge in [0.25, 0.3) is 0 Å². The summed E-state index contributed by atoms with van der Waals surface area (Å²) in [6, 6.07) is 5.62. The molecule has 0 atom stereocenters. The van der Waals surface area contributed by atoms with E-state index in [2.05, 4.69) is 0 Å². The van der Waals surface area contributed by atoms with Gasteiger partial charge in [-0.2, -0.15) is 0 Å². The van der Waals surface area contributed by atoms with Gasteiger partial charge in [0, 0.05) is 24.2 Å². The number of esters is 1. The van der Waals surface area contributed by atoms with Gasteiger partial charge in [0.1, 0.15) is 11.5 Å². The second-order valence-corrected chi connectivity index (χ2v) is 5.76. The molecule has 0 radical (unpaired) electrons. The number of ether oxygens (including phenoxy) is 3. The molecule has 0 aromatic heterocycles. The molecule has 0 N–H and O–H groups in total. The van der Waals surface area contributed by atoms with Gasteiger partial charge < -0.3 is 19.1 Å². The van der Waals surface area contributed by atoms with Crippen LogP contribution >= 0.6 is 0 Å². The summed E-state index contributed by atoms with van der Waals surface area (Å²) in [5, 5.41) is 0. The van der Waals surface area contributed by atoms with Crippen molar-refractivity contribution in [3.8, 4) is 11.5 Å². The van der Waals surface area contributed by atoms with Gasteiger partial charge in [-0.1, -0.05) is 0 Å². The Bertz CT molecular complexity index is 637. The van der Waals surface area contributed by atoms with Crippen LogP contribution in [0, 0.1) is 0 Å². The maximum Gasteiger partial charge on any atom is 0.307 e. The summed E-state index contributed by atoms with van der Waals surface area (Å²) in [4.78, 5) is 25.8. The minimum Gasteiger partial charge on any atom is -0.497 e. The van der Waals surface area contributed by atoms with Crippen molar-refractivity contribution in [3.63, 3.8) is 0 Å². The lowest BCUT2D eigenvalue weighted by molar-refractivity contribution is -0.143. The lowest BCUT2D eigenvalue weighted by Crippen LogP contribution is -2.33. The Kier molecular flexibility index (Phi) is 6.86. The van der Waals surface area contributed by atoms with Crippen LogP contribution in [0.2, 0.25) is 0 Å². The van der Waals surface area contributed by atoms with Crippen molar-refractivity contribution in [1.29, 1.82) is 0 Å². The monoisotopic (exact) mass is 347 g/mol. The Hall–Kier alpha value is -2.50. The van der Waals surface area contributed by atoms with Crippen LogP contribution in [0.4, 0.5) is 0 Å². The molecule has 25 heavy (non-hydrogen) atoms. The Labute approximate surface area is 148 Å². The SMILES string of the molecule is CCOC(=O)CCN(C(=O)/C=C/c1cc(OC)ccc1OC)C1CC1. The number of amides is 1. The van der Waals surface area contributed by atoms with Crippen molar-refractivity contribution < 1.29 is 23.8 Å². The highest BCUT2D eigenvalue weighted by atomic mass is 16.5. The first-order valence-electron chi connectivity index (χ1n) is 8.45. The first-order valence-corrected chi connectivity index (χ1v) is 8.45. The van der Waals surface area contributed by atoms with E-state index in [0.29, 0.717) is 24.7 Å². The van der Waals surface area contributed by atoms with E-state index >= 15 is 0 Å². The third-order valence-electron chi connectivity index (χ3n) is 3.98. The summed E-state index contributed by atoms with van der Waals surface area (Å²) in [6.45, 7) is 2.50. The smallest absolute Gasteiger partial charge is 0.307 e. The van der Waals surface area contributed by atoms with E-state index in [4.69, 9.17) is 14.2 Å². The van der Waals surface area contributed by atoms with Crippen molar-refractivity contribution in [2.75, 3.05) is 27.4 Å². The molecule has 1 fully saturated rings. The minimum absolute atomic E-state index is 0.114. The highest BCUT2D eigenvalue weighted by molar-refractivity contribution is 5.93. The van der Waals surface area contributed by atoms with E-state index in [-0.39, 0.29) is 24.3 Å². The van der Waals surface area contributed by atoms with Crippen LogP contribution < -0.4 is 9.47 Å². The Balaban J connectivity index is 2.05. The molecule has 0 aliphatic heterocycles. The zero-order chi connectivity index (χ0) is 18.2. The molecule has 0 bridgehead atoms. The molecular formula is C19H25NO5. The van der Waals surface area contributed by atoms with Gasteiger partial charge in [0.15, 0.2) is 0 Å². The minimum atomic E-state index is -0.278. The van der Waals surface area contributed by atoms with E-state index in [1.54, 1.807) is 44.3 Å². The molecule has 1 saturated carbocycles. The van der Waals surface area contributed by atoms with Crippen LogP contribution in [0.15, 0.2) is 24.3 Å². The van der Waals surface area contributed by atoms with E-state index in [9.17, 15) is 9.59 Å². The number of hydrogen-bond acceptors (Lipinski definition) is 5. The van der Waals surface area contributed by atoms with Crippen LogP contribution in [0.1, 0.15) is 31.7 Å². The number of hydrogen-bond donors (Lipinski definition) is 0. The molecule has 6 heteroatoms. The molecule has 6 nitrogen and oxygen atoms in total. The average molecular weight is 347 g/mol. The summed E-state index contributed by atoms with van der Waals surface area (Å²) in [6.07, 6.45) is 5.40. The normalized spacial score (nSPS) is 13.6. The maximum atomic E-state index is 12.5. The molecule has 0 heterocycles. The number of rotatable bonds is 9. The summed E-state index contributed by atoms with van der Waals surface area (Å²) < 4.78 is 15.5. The molecule has 1 aromatic carbocycles. The predicted octanol–water partition coefficient (Wildman–Crippen LogP) is 2.66. The molecule has 1 aromatic rings. The number of carbonyl (C=O) groups is 2. The Morgan fingerprint density at radius 3 is 2.60 bits per heavy atom. The molecule has 2 rings (SSSR count). The van der Waals surface area contributed by atoms with Crippen molar-refractivity contribution in [3.05, 3.63) is 29.8 Å². The molecule has 136 valence electrons. The van der Waals surface area contributed by atoms with Gasteiger partial charge in [0.05, 0.1) is 27.2 Å². The quantitative estimate of drug-likeness (QED) is 0.507. The van der Waals surface area contributed by atoms with Crippen LogP contribution in [0.3, 0.4) is 0 Å². The Morgan fingerprint density at radius 2 is 2.00 bits per heavy atom. The number of benzene rings is 1. The largest absolute Gasteiger partial charge is 0.497 e. The molecule has 1 amide bonds. The summed E-state index contributed by atoms with van der Waals surface area (Å²) in [5.41, 5.74) is 0.760. The lowest BCUT2D eigenvalue weighted by atomic mass is 10.1. The third kappa shape index (κ3) is 5.52. The third-order valence-corrected chi connectivity index (χ3v) is 3.98. The fourth-order valence-corrected chi connectivity index (χ4v) is 2.53. The molecule has 0 spiro atoms. The van der Waals surface area contributed by atoms with Crippen molar-refractivity contribution in [1.82, 2.24) is 4.90 Å². The van der Waals surface area contributed by atoms with Gasteiger partial charge in [-0.05, 0) is 44.0 Å². The standard InChI is InChI=1S/C19H25NO5/c1-4-25-19(22)11-12-20(15-6-7-15)18(21)10-5-14-13-16(23-2)8-9-17(14)24-3/h5,8-10,13,15H,4,6-7,11-12H2,1-3H3/b10-5+. The molecular weight excluding hydrogens is 322 g/mol. The molecule has 0 saturated heterocycles.